The summed E-state index contributed by atoms with van der Waals surface area (Å²) in [6, 6.07) is 7.83. The lowest BCUT2D eigenvalue weighted by molar-refractivity contribution is 0.0679. The molecular formula is C17H27NO4S. The maximum absolute atomic E-state index is 11.8. The van der Waals surface area contributed by atoms with Crippen molar-refractivity contribution < 1.29 is 17.9 Å². The van der Waals surface area contributed by atoms with Crippen LogP contribution in [0.1, 0.15) is 45.1 Å². The normalized spacial score (nSPS) is 19.9. The van der Waals surface area contributed by atoms with E-state index in [9.17, 15) is 8.42 Å². The Morgan fingerprint density at radius 2 is 1.96 bits per heavy atom. The molecule has 1 heterocycles. The summed E-state index contributed by atoms with van der Waals surface area (Å²) in [7, 11) is -3.22. The van der Waals surface area contributed by atoms with Crippen molar-refractivity contribution >= 4 is 10.0 Å². The summed E-state index contributed by atoms with van der Waals surface area (Å²) in [5.74, 6) is 0.926. The van der Waals surface area contributed by atoms with Crippen LogP contribution >= 0.6 is 0 Å². The molecule has 0 amide bonds. The third-order valence-electron chi connectivity index (χ3n) is 4.12. The molecule has 1 aliphatic rings. The van der Waals surface area contributed by atoms with Gasteiger partial charge in [-0.15, -0.1) is 0 Å². The summed E-state index contributed by atoms with van der Waals surface area (Å²) in [6.07, 6.45) is 2.38. The number of hydrogen-bond acceptors (Lipinski definition) is 4. The topological polar surface area (TPSA) is 64.6 Å². The molecule has 0 aliphatic carbocycles. The van der Waals surface area contributed by atoms with Crippen molar-refractivity contribution in [2.45, 2.75) is 50.9 Å². The van der Waals surface area contributed by atoms with Crippen LogP contribution in [-0.4, -0.2) is 39.5 Å². The number of ether oxygens (including phenoxy) is 2. The minimum absolute atomic E-state index is 0.107. The lowest BCUT2D eigenvalue weighted by atomic mass is 10.0. The monoisotopic (exact) mass is 341 g/mol. The highest BCUT2D eigenvalue weighted by Gasteiger charge is 2.18. The van der Waals surface area contributed by atoms with Gasteiger partial charge in [-0.2, -0.15) is 0 Å². The van der Waals surface area contributed by atoms with Gasteiger partial charge in [0.25, 0.3) is 0 Å². The van der Waals surface area contributed by atoms with Crippen LogP contribution in [0.4, 0.5) is 0 Å². The summed E-state index contributed by atoms with van der Waals surface area (Å²) in [6.45, 7) is 7.17. The maximum Gasteiger partial charge on any atom is 0.213 e. The molecule has 2 unspecified atom stereocenters. The van der Waals surface area contributed by atoms with E-state index in [1.807, 2.05) is 31.2 Å². The van der Waals surface area contributed by atoms with E-state index in [-0.39, 0.29) is 12.0 Å². The van der Waals surface area contributed by atoms with Crippen molar-refractivity contribution in [1.82, 2.24) is 4.72 Å². The van der Waals surface area contributed by atoms with Gasteiger partial charge in [-0.25, -0.2) is 13.1 Å². The Kier molecular flexibility index (Phi) is 6.44. The second-order valence-electron chi connectivity index (χ2n) is 6.36. The van der Waals surface area contributed by atoms with Crippen LogP contribution in [0, 0.1) is 0 Å². The predicted molar refractivity (Wildman–Crippen MR) is 91.4 cm³/mol. The second kappa shape index (κ2) is 8.13. The number of sulfonamides is 1. The molecule has 5 nitrogen and oxygen atoms in total. The van der Waals surface area contributed by atoms with Crippen molar-refractivity contribution in [2.24, 2.45) is 0 Å². The quantitative estimate of drug-likeness (QED) is 0.789. The van der Waals surface area contributed by atoms with Crippen LogP contribution in [0.15, 0.2) is 24.3 Å². The Bertz CT molecular complexity index is 577. The fraction of sp³-hybridized carbons (Fsp3) is 0.647. The molecule has 0 bridgehead atoms. The van der Waals surface area contributed by atoms with E-state index in [1.54, 1.807) is 13.8 Å². The number of benzene rings is 1. The first-order valence-electron chi connectivity index (χ1n) is 8.21. The zero-order chi connectivity index (χ0) is 16.9. The second-order valence-corrected chi connectivity index (χ2v) is 8.68. The SMILES string of the molecule is CC(CNS(=O)(=O)C(C)C)c1ccc(OCC2CCCO2)cc1. The average molecular weight is 341 g/mol. The van der Waals surface area contributed by atoms with E-state index in [0.29, 0.717) is 13.2 Å². The lowest BCUT2D eigenvalue weighted by Gasteiger charge is -2.16. The number of hydrogen-bond donors (Lipinski definition) is 1. The Morgan fingerprint density at radius 1 is 1.26 bits per heavy atom. The molecule has 0 saturated carbocycles. The van der Waals surface area contributed by atoms with E-state index in [2.05, 4.69) is 4.72 Å². The van der Waals surface area contributed by atoms with Gasteiger partial charge in [0.1, 0.15) is 12.4 Å². The lowest BCUT2D eigenvalue weighted by Crippen LogP contribution is -2.33. The van der Waals surface area contributed by atoms with E-state index >= 15 is 0 Å². The summed E-state index contributed by atoms with van der Waals surface area (Å²) < 4.78 is 37.5. The van der Waals surface area contributed by atoms with Crippen molar-refractivity contribution in [3.05, 3.63) is 29.8 Å². The Balaban J connectivity index is 1.83. The van der Waals surface area contributed by atoms with Crippen LogP contribution in [0.2, 0.25) is 0 Å². The van der Waals surface area contributed by atoms with Crippen LogP contribution in [-0.2, 0) is 14.8 Å². The summed E-state index contributed by atoms with van der Waals surface area (Å²) in [5.41, 5.74) is 1.08. The predicted octanol–water partition coefficient (Wildman–Crippen LogP) is 2.68. The van der Waals surface area contributed by atoms with Crippen LogP contribution in [0.3, 0.4) is 0 Å². The molecule has 1 fully saturated rings. The van der Waals surface area contributed by atoms with Gasteiger partial charge in [0.2, 0.25) is 10.0 Å². The van der Waals surface area contributed by atoms with Crippen molar-refractivity contribution in [2.75, 3.05) is 19.8 Å². The molecule has 23 heavy (non-hydrogen) atoms. The first kappa shape index (κ1) is 18.2. The molecule has 1 saturated heterocycles. The van der Waals surface area contributed by atoms with Crippen molar-refractivity contribution in [1.29, 1.82) is 0 Å². The molecule has 0 radical (unpaired) electrons. The highest BCUT2D eigenvalue weighted by molar-refractivity contribution is 7.90. The fourth-order valence-electron chi connectivity index (χ4n) is 2.38. The van der Waals surface area contributed by atoms with Crippen molar-refractivity contribution in [3.63, 3.8) is 0 Å². The largest absolute Gasteiger partial charge is 0.491 e. The van der Waals surface area contributed by atoms with Crippen LogP contribution < -0.4 is 9.46 Å². The standard InChI is InChI=1S/C17H27NO4S/c1-13(2)23(19,20)18-11-14(3)15-6-8-16(9-7-15)22-12-17-5-4-10-21-17/h6-9,13-14,17-18H,4-5,10-12H2,1-3H3. The highest BCUT2D eigenvalue weighted by atomic mass is 32.2. The fourth-order valence-corrected chi connectivity index (χ4v) is 3.20. The Labute approximate surface area is 139 Å². The molecule has 2 rings (SSSR count). The van der Waals surface area contributed by atoms with Crippen LogP contribution in [0.5, 0.6) is 5.75 Å². The molecular weight excluding hydrogens is 314 g/mol. The van der Waals surface area contributed by atoms with E-state index in [1.165, 1.54) is 0 Å². The minimum Gasteiger partial charge on any atom is -0.491 e. The maximum atomic E-state index is 11.8. The molecule has 1 N–H and O–H groups in total. The molecule has 2 atom stereocenters. The smallest absolute Gasteiger partial charge is 0.213 e. The molecule has 6 heteroatoms. The molecule has 130 valence electrons. The van der Waals surface area contributed by atoms with Gasteiger partial charge in [0.15, 0.2) is 0 Å². The minimum atomic E-state index is -3.22. The van der Waals surface area contributed by atoms with Gasteiger partial charge in [0.05, 0.1) is 11.4 Å². The number of rotatable bonds is 8. The average Bonchev–Trinajstić information content (AvgIpc) is 3.04. The highest BCUT2D eigenvalue weighted by Crippen LogP contribution is 2.20. The van der Waals surface area contributed by atoms with Crippen molar-refractivity contribution in [3.8, 4) is 5.75 Å². The molecule has 0 spiro atoms. The summed E-state index contributed by atoms with van der Waals surface area (Å²) >= 11 is 0. The molecule has 1 aromatic rings. The van der Waals surface area contributed by atoms with Gasteiger partial charge < -0.3 is 9.47 Å². The molecule has 1 aromatic carbocycles. The van der Waals surface area contributed by atoms with E-state index in [4.69, 9.17) is 9.47 Å². The third-order valence-corrected chi connectivity index (χ3v) is 5.93. The van der Waals surface area contributed by atoms with E-state index in [0.717, 1.165) is 30.8 Å². The Hall–Kier alpha value is -1.11. The Morgan fingerprint density at radius 3 is 2.52 bits per heavy atom. The molecule has 0 aromatic heterocycles. The first-order chi connectivity index (χ1) is 10.9. The van der Waals surface area contributed by atoms with E-state index < -0.39 is 15.3 Å². The first-order valence-corrected chi connectivity index (χ1v) is 9.76. The van der Waals surface area contributed by atoms with Gasteiger partial charge in [-0.05, 0) is 50.3 Å². The van der Waals surface area contributed by atoms with Gasteiger partial charge >= 0.3 is 0 Å². The van der Waals surface area contributed by atoms with Gasteiger partial charge in [0, 0.05) is 13.2 Å². The summed E-state index contributed by atoms with van der Waals surface area (Å²) in [5, 5.41) is -0.414. The zero-order valence-corrected chi connectivity index (χ0v) is 14.9. The van der Waals surface area contributed by atoms with Crippen LogP contribution in [0.25, 0.3) is 0 Å². The zero-order valence-electron chi connectivity index (χ0n) is 14.1. The third kappa shape index (κ3) is 5.48. The summed E-state index contributed by atoms with van der Waals surface area (Å²) in [4.78, 5) is 0. The van der Waals surface area contributed by atoms with Gasteiger partial charge in [-0.1, -0.05) is 19.1 Å². The number of nitrogens with one attached hydrogen (secondary N) is 1. The molecule has 1 aliphatic heterocycles. The van der Waals surface area contributed by atoms with Gasteiger partial charge in [-0.3, -0.25) is 0 Å².